The molecule has 1 N–H and O–H groups in total. The molecule has 0 unspecified atom stereocenters. The number of aryl methyl sites for hydroxylation is 1. The zero-order chi connectivity index (χ0) is 11.0. The molecule has 0 aromatic heterocycles. The second-order valence-electron chi connectivity index (χ2n) is 5.03. The lowest BCUT2D eigenvalue weighted by Gasteiger charge is -2.37. The van der Waals surface area contributed by atoms with Gasteiger partial charge in [0.2, 0.25) is 0 Å². The molecule has 0 amide bonds. The van der Waals surface area contributed by atoms with Crippen LogP contribution in [-0.2, 0) is 0 Å². The Bertz CT molecular complexity index is 380. The number of nitrogens with one attached hydrogen (secondary N) is 1. The Kier molecular flexibility index (Phi) is 2.50. The van der Waals surface area contributed by atoms with Crippen LogP contribution < -0.4 is 10.2 Å². The van der Waals surface area contributed by atoms with Gasteiger partial charge in [-0.1, -0.05) is 25.0 Å². The van der Waals surface area contributed by atoms with Gasteiger partial charge in [0.1, 0.15) is 0 Å². The first-order chi connectivity index (χ1) is 7.86. The quantitative estimate of drug-likeness (QED) is 0.775. The summed E-state index contributed by atoms with van der Waals surface area (Å²) in [6.45, 7) is 4.49. The molecular formula is C14H20N2. The molecule has 1 aliphatic heterocycles. The molecular weight excluding hydrogens is 196 g/mol. The molecule has 1 heterocycles. The molecule has 16 heavy (non-hydrogen) atoms. The normalized spacial score (nSPS) is 20.7. The van der Waals surface area contributed by atoms with Crippen LogP contribution in [0.15, 0.2) is 18.2 Å². The first-order valence-corrected chi connectivity index (χ1v) is 6.46. The van der Waals surface area contributed by atoms with Gasteiger partial charge < -0.3 is 10.2 Å². The predicted molar refractivity (Wildman–Crippen MR) is 69.3 cm³/mol. The van der Waals surface area contributed by atoms with E-state index in [2.05, 4.69) is 35.3 Å². The Labute approximate surface area is 97.6 Å². The molecule has 2 aliphatic rings. The summed E-state index contributed by atoms with van der Waals surface area (Å²) in [5, 5.41) is 3.52. The number of benzene rings is 1. The van der Waals surface area contributed by atoms with Crippen molar-refractivity contribution in [2.75, 3.05) is 23.3 Å². The Morgan fingerprint density at radius 2 is 2.06 bits per heavy atom. The summed E-state index contributed by atoms with van der Waals surface area (Å²) in [7, 11) is 0. The predicted octanol–water partition coefficient (Wildman–Crippen LogP) is 3.17. The Hall–Kier alpha value is -1.18. The van der Waals surface area contributed by atoms with Crippen LogP contribution in [0.3, 0.4) is 0 Å². The highest BCUT2D eigenvalue weighted by molar-refractivity contribution is 5.75. The van der Waals surface area contributed by atoms with Crippen LogP contribution in [0.1, 0.15) is 31.2 Å². The fourth-order valence-corrected chi connectivity index (χ4v) is 3.19. The van der Waals surface area contributed by atoms with E-state index >= 15 is 0 Å². The lowest BCUT2D eigenvalue weighted by atomic mass is 10.1. The summed E-state index contributed by atoms with van der Waals surface area (Å²) in [6.07, 6.45) is 5.59. The van der Waals surface area contributed by atoms with E-state index in [9.17, 15) is 0 Å². The molecule has 0 spiro atoms. The summed E-state index contributed by atoms with van der Waals surface area (Å²) in [5.74, 6) is 0. The van der Waals surface area contributed by atoms with E-state index in [4.69, 9.17) is 0 Å². The maximum absolute atomic E-state index is 3.52. The largest absolute Gasteiger partial charge is 0.382 e. The third-order valence-corrected chi connectivity index (χ3v) is 3.96. The van der Waals surface area contributed by atoms with E-state index in [1.807, 2.05) is 0 Å². The van der Waals surface area contributed by atoms with Crippen LogP contribution in [0.5, 0.6) is 0 Å². The van der Waals surface area contributed by atoms with Crippen molar-refractivity contribution in [3.63, 3.8) is 0 Å². The molecule has 3 rings (SSSR count). The fraction of sp³-hybridized carbons (Fsp3) is 0.571. The average Bonchev–Trinajstić information content (AvgIpc) is 2.82. The number of hydrogen-bond donors (Lipinski definition) is 1. The minimum Gasteiger partial charge on any atom is -0.382 e. The topological polar surface area (TPSA) is 15.3 Å². The van der Waals surface area contributed by atoms with E-state index in [1.54, 1.807) is 0 Å². The molecule has 1 aromatic rings. The molecule has 1 saturated carbocycles. The number of para-hydroxylation sites is 1. The van der Waals surface area contributed by atoms with Gasteiger partial charge in [0.15, 0.2) is 0 Å². The van der Waals surface area contributed by atoms with Crippen LogP contribution in [0, 0.1) is 6.92 Å². The second-order valence-corrected chi connectivity index (χ2v) is 5.03. The number of hydrogen-bond acceptors (Lipinski definition) is 2. The molecule has 1 aliphatic carbocycles. The Morgan fingerprint density at radius 3 is 2.88 bits per heavy atom. The molecule has 2 heteroatoms. The maximum atomic E-state index is 3.52. The zero-order valence-corrected chi connectivity index (χ0v) is 10.00. The van der Waals surface area contributed by atoms with Crippen LogP contribution in [0.25, 0.3) is 0 Å². The molecule has 2 nitrogen and oxygen atoms in total. The van der Waals surface area contributed by atoms with Crippen molar-refractivity contribution < 1.29 is 0 Å². The smallest absolute Gasteiger partial charge is 0.0634 e. The molecule has 1 fully saturated rings. The maximum Gasteiger partial charge on any atom is 0.0634 e. The average molecular weight is 216 g/mol. The Morgan fingerprint density at radius 1 is 1.25 bits per heavy atom. The van der Waals surface area contributed by atoms with Gasteiger partial charge in [-0.05, 0) is 31.4 Å². The molecule has 86 valence electrons. The monoisotopic (exact) mass is 216 g/mol. The highest BCUT2D eigenvalue weighted by atomic mass is 15.2. The molecule has 0 saturated heterocycles. The molecule has 0 bridgehead atoms. The van der Waals surface area contributed by atoms with Crippen LogP contribution in [-0.4, -0.2) is 19.1 Å². The van der Waals surface area contributed by atoms with Gasteiger partial charge in [0.05, 0.1) is 11.4 Å². The van der Waals surface area contributed by atoms with Gasteiger partial charge in [0, 0.05) is 19.1 Å². The highest BCUT2D eigenvalue weighted by Gasteiger charge is 2.27. The summed E-state index contributed by atoms with van der Waals surface area (Å²) in [5.41, 5.74) is 4.20. The highest BCUT2D eigenvalue weighted by Crippen LogP contribution is 2.37. The van der Waals surface area contributed by atoms with Gasteiger partial charge in [-0.2, -0.15) is 0 Å². The van der Waals surface area contributed by atoms with E-state index in [-0.39, 0.29) is 0 Å². The number of rotatable bonds is 1. The standard InChI is InChI=1S/C14H20N2/c1-11-5-4-8-13-14(11)16(10-9-15-13)12-6-2-3-7-12/h4-5,8,12,15H,2-3,6-7,9-10H2,1H3. The molecule has 0 atom stereocenters. The van der Waals surface area contributed by atoms with Crippen molar-refractivity contribution in [3.05, 3.63) is 23.8 Å². The summed E-state index contributed by atoms with van der Waals surface area (Å²) < 4.78 is 0. The van der Waals surface area contributed by atoms with Crippen LogP contribution >= 0.6 is 0 Å². The fourth-order valence-electron chi connectivity index (χ4n) is 3.19. The van der Waals surface area contributed by atoms with Gasteiger partial charge in [0.25, 0.3) is 0 Å². The van der Waals surface area contributed by atoms with E-state index in [0.717, 1.165) is 12.6 Å². The van der Waals surface area contributed by atoms with Gasteiger partial charge in [-0.3, -0.25) is 0 Å². The third kappa shape index (κ3) is 1.57. The summed E-state index contributed by atoms with van der Waals surface area (Å²) >= 11 is 0. The number of fused-ring (bicyclic) bond motifs is 1. The van der Waals surface area contributed by atoms with E-state index in [1.165, 1.54) is 49.2 Å². The zero-order valence-electron chi connectivity index (χ0n) is 10.00. The first kappa shape index (κ1) is 10.0. The van der Waals surface area contributed by atoms with Crippen molar-refractivity contribution in [2.45, 2.75) is 38.6 Å². The number of anilines is 2. The third-order valence-electron chi connectivity index (χ3n) is 3.96. The Balaban J connectivity index is 1.98. The van der Waals surface area contributed by atoms with Crippen molar-refractivity contribution in [1.29, 1.82) is 0 Å². The molecule has 1 aromatic carbocycles. The van der Waals surface area contributed by atoms with E-state index in [0.29, 0.717) is 0 Å². The van der Waals surface area contributed by atoms with Gasteiger partial charge in [-0.15, -0.1) is 0 Å². The lowest BCUT2D eigenvalue weighted by Crippen LogP contribution is -2.41. The minimum atomic E-state index is 0.793. The second kappa shape index (κ2) is 4.00. The lowest BCUT2D eigenvalue weighted by molar-refractivity contribution is 0.605. The first-order valence-electron chi connectivity index (χ1n) is 6.46. The number of nitrogens with zero attached hydrogens (tertiary/aromatic N) is 1. The van der Waals surface area contributed by atoms with Crippen molar-refractivity contribution in [2.24, 2.45) is 0 Å². The van der Waals surface area contributed by atoms with Gasteiger partial charge >= 0.3 is 0 Å². The molecule has 0 radical (unpaired) electrons. The minimum absolute atomic E-state index is 0.793. The SMILES string of the molecule is Cc1cccc2c1N(C1CCCC1)CCN2. The van der Waals surface area contributed by atoms with E-state index < -0.39 is 0 Å². The summed E-state index contributed by atoms with van der Waals surface area (Å²) in [6, 6.07) is 7.39. The van der Waals surface area contributed by atoms with Crippen LogP contribution in [0.2, 0.25) is 0 Å². The van der Waals surface area contributed by atoms with Crippen molar-refractivity contribution in [3.8, 4) is 0 Å². The van der Waals surface area contributed by atoms with Crippen molar-refractivity contribution >= 4 is 11.4 Å². The van der Waals surface area contributed by atoms with Gasteiger partial charge in [-0.25, -0.2) is 0 Å². The summed E-state index contributed by atoms with van der Waals surface area (Å²) in [4.78, 5) is 2.65. The van der Waals surface area contributed by atoms with Crippen molar-refractivity contribution in [1.82, 2.24) is 0 Å². The van der Waals surface area contributed by atoms with Crippen LogP contribution in [0.4, 0.5) is 11.4 Å².